The van der Waals surface area contributed by atoms with E-state index in [2.05, 4.69) is 45.2 Å². The molecule has 0 bridgehead atoms. The van der Waals surface area contributed by atoms with Crippen LogP contribution in [0.2, 0.25) is 0 Å². The molecule has 154 valence electrons. The topological polar surface area (TPSA) is 50.0 Å². The molecule has 1 N–H and O–H groups in total. The molecule has 2 heterocycles. The first-order valence-corrected chi connectivity index (χ1v) is 10.0. The average Bonchev–Trinajstić information content (AvgIpc) is 3.17. The monoisotopic (exact) mass is 395 g/mol. The summed E-state index contributed by atoms with van der Waals surface area (Å²) in [7, 11) is 5.01. The fourth-order valence-electron chi connectivity index (χ4n) is 4.07. The molecule has 4 rings (SSSR count). The summed E-state index contributed by atoms with van der Waals surface area (Å²) in [6.07, 6.45) is 2.14. The number of nitrogens with one attached hydrogen (secondary N) is 1. The highest BCUT2D eigenvalue weighted by molar-refractivity contribution is 5.82. The summed E-state index contributed by atoms with van der Waals surface area (Å²) in [6, 6.07) is 12.4. The molecule has 2 aromatic carbocycles. The molecule has 1 saturated heterocycles. The van der Waals surface area contributed by atoms with Crippen molar-refractivity contribution in [2.24, 2.45) is 0 Å². The van der Waals surface area contributed by atoms with E-state index >= 15 is 0 Å². The third-order valence-electron chi connectivity index (χ3n) is 5.71. The lowest BCUT2D eigenvalue weighted by Gasteiger charge is -2.35. The minimum atomic E-state index is 0.691. The molecule has 0 atom stereocenters. The largest absolute Gasteiger partial charge is 0.496 e. The second kappa shape index (κ2) is 8.76. The van der Waals surface area contributed by atoms with Gasteiger partial charge in [0.25, 0.3) is 0 Å². The molecule has 0 radical (unpaired) electrons. The molecule has 6 nitrogen and oxygen atoms in total. The van der Waals surface area contributed by atoms with E-state index in [0.717, 1.165) is 56.3 Å². The number of piperazine rings is 1. The number of aromatic nitrogens is 1. The van der Waals surface area contributed by atoms with E-state index < -0.39 is 0 Å². The number of aromatic amines is 1. The van der Waals surface area contributed by atoms with E-state index in [1.54, 1.807) is 21.3 Å². The highest BCUT2D eigenvalue weighted by Gasteiger charge is 2.20. The zero-order valence-corrected chi connectivity index (χ0v) is 17.4. The van der Waals surface area contributed by atoms with Crippen molar-refractivity contribution in [3.05, 3.63) is 53.7 Å². The fraction of sp³-hybridized carbons (Fsp3) is 0.391. The molecule has 1 aromatic heterocycles. The van der Waals surface area contributed by atoms with Gasteiger partial charge in [0.15, 0.2) is 11.5 Å². The van der Waals surface area contributed by atoms with Crippen LogP contribution in [0.1, 0.15) is 11.1 Å². The number of hydrogen-bond donors (Lipinski definition) is 1. The van der Waals surface area contributed by atoms with Crippen LogP contribution in [-0.4, -0.2) is 62.3 Å². The lowest BCUT2D eigenvalue weighted by Crippen LogP contribution is -2.45. The zero-order chi connectivity index (χ0) is 20.2. The van der Waals surface area contributed by atoms with Gasteiger partial charge in [-0.2, -0.15) is 0 Å². The maximum absolute atomic E-state index is 5.58. The normalized spacial score (nSPS) is 15.6. The average molecular weight is 396 g/mol. The predicted molar refractivity (Wildman–Crippen MR) is 115 cm³/mol. The molecule has 0 aliphatic carbocycles. The Morgan fingerprint density at radius 1 is 0.759 bits per heavy atom. The van der Waals surface area contributed by atoms with Crippen LogP contribution in [0, 0.1) is 0 Å². The highest BCUT2D eigenvalue weighted by Crippen LogP contribution is 2.35. The quantitative estimate of drug-likeness (QED) is 0.663. The molecule has 0 unspecified atom stereocenters. The van der Waals surface area contributed by atoms with Crippen LogP contribution >= 0.6 is 0 Å². The summed E-state index contributed by atoms with van der Waals surface area (Å²) in [5, 5.41) is 1.32. The van der Waals surface area contributed by atoms with E-state index in [9.17, 15) is 0 Å². The molecule has 0 saturated carbocycles. The van der Waals surface area contributed by atoms with Crippen molar-refractivity contribution in [3.63, 3.8) is 0 Å². The van der Waals surface area contributed by atoms with Crippen LogP contribution in [0.5, 0.6) is 17.2 Å². The summed E-state index contributed by atoms with van der Waals surface area (Å²) in [5.41, 5.74) is 3.70. The van der Waals surface area contributed by atoms with E-state index in [4.69, 9.17) is 14.2 Å². The van der Waals surface area contributed by atoms with E-state index in [-0.39, 0.29) is 0 Å². The summed E-state index contributed by atoms with van der Waals surface area (Å²) >= 11 is 0. The van der Waals surface area contributed by atoms with Crippen LogP contribution in [0.3, 0.4) is 0 Å². The Morgan fingerprint density at radius 3 is 2.00 bits per heavy atom. The van der Waals surface area contributed by atoms with E-state index in [0.29, 0.717) is 5.75 Å². The van der Waals surface area contributed by atoms with Gasteiger partial charge in [0.05, 0.1) is 21.3 Å². The van der Waals surface area contributed by atoms with Gasteiger partial charge >= 0.3 is 0 Å². The Morgan fingerprint density at radius 2 is 1.34 bits per heavy atom. The number of ether oxygens (including phenoxy) is 3. The van der Waals surface area contributed by atoms with Crippen LogP contribution in [0.4, 0.5) is 0 Å². The maximum atomic E-state index is 5.58. The van der Waals surface area contributed by atoms with Crippen molar-refractivity contribution in [2.45, 2.75) is 13.1 Å². The number of H-pyrrole nitrogens is 1. The molecular formula is C23H29N3O3. The molecule has 1 fully saturated rings. The number of para-hydroxylation sites is 1. The zero-order valence-electron chi connectivity index (χ0n) is 17.4. The molecule has 3 aromatic rings. The van der Waals surface area contributed by atoms with Gasteiger partial charge in [-0.3, -0.25) is 9.80 Å². The van der Waals surface area contributed by atoms with Crippen molar-refractivity contribution in [1.29, 1.82) is 0 Å². The smallest absolute Gasteiger partial charge is 0.164 e. The second-order valence-electron chi connectivity index (χ2n) is 7.43. The van der Waals surface area contributed by atoms with Gasteiger partial charge < -0.3 is 19.2 Å². The third-order valence-corrected chi connectivity index (χ3v) is 5.71. The number of rotatable bonds is 7. The molecule has 29 heavy (non-hydrogen) atoms. The molecule has 1 aliphatic heterocycles. The van der Waals surface area contributed by atoms with Crippen LogP contribution in [0.15, 0.2) is 42.6 Å². The first-order valence-electron chi connectivity index (χ1n) is 10.0. The van der Waals surface area contributed by atoms with E-state index in [1.807, 2.05) is 12.1 Å². The lowest BCUT2D eigenvalue weighted by atomic mass is 10.1. The van der Waals surface area contributed by atoms with Gasteiger partial charge in [0.1, 0.15) is 5.75 Å². The van der Waals surface area contributed by atoms with Gasteiger partial charge in [-0.25, -0.2) is 0 Å². The first-order chi connectivity index (χ1) is 14.2. The standard InChI is InChI=1S/C23H29N3O3/c1-27-21-13-23(29-3)22(28-2)12-17(21)15-25-8-10-26(11-9-25)16-18-14-24-20-7-5-4-6-19(18)20/h4-7,12-14,24H,8-11,15-16H2,1-3H3. The fourth-order valence-corrected chi connectivity index (χ4v) is 4.07. The number of nitrogens with zero attached hydrogens (tertiary/aromatic N) is 2. The first kappa shape index (κ1) is 19.6. The summed E-state index contributed by atoms with van der Waals surface area (Å²) in [6.45, 7) is 5.98. The number of methoxy groups -OCH3 is 3. The SMILES string of the molecule is COc1cc(OC)c(OC)cc1CN1CCN(Cc2c[nH]c3ccccc23)CC1. The highest BCUT2D eigenvalue weighted by atomic mass is 16.5. The Balaban J connectivity index is 1.39. The van der Waals surface area contributed by atoms with Crippen LogP contribution in [0.25, 0.3) is 10.9 Å². The number of fused-ring (bicyclic) bond motifs is 1. The Kier molecular flexibility index (Phi) is 5.92. The molecule has 0 amide bonds. The third kappa shape index (κ3) is 4.18. The molecule has 0 spiro atoms. The second-order valence-corrected chi connectivity index (χ2v) is 7.43. The van der Waals surface area contributed by atoms with Crippen molar-refractivity contribution >= 4 is 10.9 Å². The molecular weight excluding hydrogens is 366 g/mol. The Labute approximate surface area is 172 Å². The van der Waals surface area contributed by atoms with Crippen molar-refractivity contribution in [3.8, 4) is 17.2 Å². The summed E-state index contributed by atoms with van der Waals surface area (Å²) < 4.78 is 16.4. The van der Waals surface area contributed by atoms with Crippen LogP contribution in [-0.2, 0) is 13.1 Å². The van der Waals surface area contributed by atoms with Gasteiger partial charge in [0, 0.05) is 68.0 Å². The van der Waals surface area contributed by atoms with Crippen molar-refractivity contribution in [2.75, 3.05) is 47.5 Å². The van der Waals surface area contributed by atoms with Gasteiger partial charge in [-0.05, 0) is 17.7 Å². The molecule has 1 aliphatic rings. The Hall–Kier alpha value is -2.70. The number of benzene rings is 2. The predicted octanol–water partition coefficient (Wildman–Crippen LogP) is 3.51. The Bertz CT molecular complexity index is 961. The number of hydrogen-bond acceptors (Lipinski definition) is 5. The molecule has 6 heteroatoms. The minimum absolute atomic E-state index is 0.691. The minimum Gasteiger partial charge on any atom is -0.496 e. The van der Waals surface area contributed by atoms with E-state index in [1.165, 1.54) is 16.5 Å². The van der Waals surface area contributed by atoms with Crippen molar-refractivity contribution < 1.29 is 14.2 Å². The summed E-state index contributed by atoms with van der Waals surface area (Å²) in [5.74, 6) is 2.27. The van der Waals surface area contributed by atoms with Crippen molar-refractivity contribution in [1.82, 2.24) is 14.8 Å². The van der Waals surface area contributed by atoms with Gasteiger partial charge in [-0.15, -0.1) is 0 Å². The maximum Gasteiger partial charge on any atom is 0.164 e. The lowest BCUT2D eigenvalue weighted by molar-refractivity contribution is 0.121. The van der Waals surface area contributed by atoms with Gasteiger partial charge in [-0.1, -0.05) is 18.2 Å². The summed E-state index contributed by atoms with van der Waals surface area (Å²) in [4.78, 5) is 8.37. The van der Waals surface area contributed by atoms with Gasteiger partial charge in [0.2, 0.25) is 0 Å². The van der Waals surface area contributed by atoms with Crippen LogP contribution < -0.4 is 14.2 Å².